The van der Waals surface area contributed by atoms with Crippen LogP contribution in [0, 0.1) is 23.7 Å². The maximum atomic E-state index is 13.0. The van der Waals surface area contributed by atoms with Crippen LogP contribution in [-0.2, 0) is 9.53 Å². The highest BCUT2D eigenvalue weighted by Crippen LogP contribution is 2.48. The molecular weight excluding hydrogens is 402 g/mol. The number of carboxylic acid groups (broad SMARTS) is 1. The molecule has 4 rings (SSSR count). The Labute approximate surface area is 178 Å². The third-order valence-electron chi connectivity index (χ3n) is 6.67. The van der Waals surface area contributed by atoms with Crippen LogP contribution >= 0.6 is 0 Å². The number of nitrogens with one attached hydrogen (secondary N) is 1. The van der Waals surface area contributed by atoms with Gasteiger partial charge in [0.05, 0.1) is 5.92 Å². The summed E-state index contributed by atoms with van der Waals surface area (Å²) in [6.07, 6.45) is 6.05. The van der Waals surface area contributed by atoms with Crippen molar-refractivity contribution in [3.63, 3.8) is 0 Å². The van der Waals surface area contributed by atoms with Gasteiger partial charge in [-0.15, -0.1) is 0 Å². The summed E-state index contributed by atoms with van der Waals surface area (Å²) in [6.45, 7) is 5.88. The Hall–Kier alpha value is -3.30. The molecule has 0 saturated heterocycles. The van der Waals surface area contributed by atoms with Crippen LogP contribution in [0.4, 0.5) is 0 Å². The summed E-state index contributed by atoms with van der Waals surface area (Å²) in [7, 11) is 0. The average Bonchev–Trinajstić information content (AvgIpc) is 3.39. The molecule has 2 aliphatic carbocycles. The monoisotopic (exact) mass is 427 g/mol. The predicted octanol–water partition coefficient (Wildman–Crippen LogP) is 1.72. The van der Waals surface area contributed by atoms with Crippen LogP contribution < -0.4 is 5.32 Å². The molecule has 0 aromatic carbocycles. The molecule has 5 atom stereocenters. The lowest BCUT2D eigenvalue weighted by Crippen LogP contribution is -2.44. The normalized spacial score (nSPS) is 27.5. The van der Waals surface area contributed by atoms with Crippen molar-refractivity contribution >= 4 is 23.6 Å². The first-order valence-corrected chi connectivity index (χ1v) is 10.4. The molecule has 10 heteroatoms. The van der Waals surface area contributed by atoms with Gasteiger partial charge in [-0.2, -0.15) is 14.6 Å². The van der Waals surface area contributed by atoms with E-state index >= 15 is 0 Å². The number of aromatic nitrogens is 4. The van der Waals surface area contributed by atoms with Gasteiger partial charge in [0.15, 0.2) is 5.69 Å². The van der Waals surface area contributed by atoms with Crippen LogP contribution in [0.5, 0.6) is 0 Å². The molecule has 2 aromatic rings. The van der Waals surface area contributed by atoms with E-state index in [0.717, 1.165) is 25.7 Å². The van der Waals surface area contributed by atoms with Crippen molar-refractivity contribution in [2.45, 2.75) is 38.6 Å². The molecule has 2 aliphatic rings. The number of esters is 1. The quantitative estimate of drug-likeness (QED) is 0.525. The van der Waals surface area contributed by atoms with E-state index < -0.39 is 11.9 Å². The number of nitrogens with zero attached hydrogens (tertiary/aromatic N) is 4. The minimum atomic E-state index is -1.24. The number of hydrogen-bond donors (Lipinski definition) is 2. The molecule has 0 bridgehead atoms. The van der Waals surface area contributed by atoms with Crippen molar-refractivity contribution in [3.05, 3.63) is 36.4 Å². The Balaban J connectivity index is 1.48. The van der Waals surface area contributed by atoms with Gasteiger partial charge in [0.1, 0.15) is 18.6 Å². The van der Waals surface area contributed by atoms with Crippen LogP contribution in [0.15, 0.2) is 25.0 Å². The number of carboxylic acids is 1. The predicted molar refractivity (Wildman–Crippen MR) is 108 cm³/mol. The number of ether oxygens (including phenoxy) is 1. The highest BCUT2D eigenvalue weighted by atomic mass is 16.5. The minimum Gasteiger partial charge on any atom is -0.477 e. The number of amides is 1. The molecule has 2 unspecified atom stereocenters. The maximum Gasteiger partial charge on any atom is 0.354 e. The second-order valence-corrected chi connectivity index (χ2v) is 8.25. The molecule has 0 aliphatic heterocycles. The molecule has 2 fully saturated rings. The minimum absolute atomic E-state index is 0.0508. The van der Waals surface area contributed by atoms with Gasteiger partial charge in [-0.1, -0.05) is 19.6 Å². The molecule has 31 heavy (non-hydrogen) atoms. The van der Waals surface area contributed by atoms with Crippen molar-refractivity contribution < 1.29 is 24.2 Å². The summed E-state index contributed by atoms with van der Waals surface area (Å²) in [6, 6.07) is 1.16. The topological polar surface area (TPSA) is 136 Å². The largest absolute Gasteiger partial charge is 0.477 e. The standard InChI is InChI=1S/C21H25N5O5/c1-3-8-31-20(30)13-4-5-14-12(11(13)2)6-7-15(14)24-18(27)17-9-16(19(28)29)25-21-22-10-23-26(17)21/h3,9-15H,1,4-8H2,2H3,(H,24,27)(H,28,29)/t11?,12?,13-,14+,15-/m0/s1. The molecule has 2 saturated carbocycles. The van der Waals surface area contributed by atoms with Crippen LogP contribution in [0.25, 0.3) is 5.78 Å². The first-order valence-electron chi connectivity index (χ1n) is 10.4. The highest BCUT2D eigenvalue weighted by Gasteiger charge is 2.47. The number of carbonyl (C=O) groups excluding carboxylic acids is 2. The van der Waals surface area contributed by atoms with Gasteiger partial charge in [0.25, 0.3) is 11.7 Å². The van der Waals surface area contributed by atoms with Gasteiger partial charge in [-0.3, -0.25) is 9.59 Å². The van der Waals surface area contributed by atoms with Gasteiger partial charge < -0.3 is 15.2 Å². The summed E-state index contributed by atoms with van der Waals surface area (Å²) >= 11 is 0. The van der Waals surface area contributed by atoms with Gasteiger partial charge in [0.2, 0.25) is 0 Å². The van der Waals surface area contributed by atoms with E-state index in [1.807, 2.05) is 0 Å². The van der Waals surface area contributed by atoms with Crippen molar-refractivity contribution in [2.24, 2.45) is 23.7 Å². The van der Waals surface area contributed by atoms with Crippen LogP contribution in [0.3, 0.4) is 0 Å². The zero-order valence-corrected chi connectivity index (χ0v) is 17.2. The lowest BCUT2D eigenvalue weighted by Gasteiger charge is -2.38. The molecule has 10 nitrogen and oxygen atoms in total. The molecule has 0 radical (unpaired) electrons. The molecule has 2 N–H and O–H groups in total. The van der Waals surface area contributed by atoms with E-state index in [9.17, 15) is 19.5 Å². The fourth-order valence-corrected chi connectivity index (χ4v) is 5.19. The second kappa shape index (κ2) is 8.44. The van der Waals surface area contributed by atoms with E-state index in [2.05, 4.69) is 33.9 Å². The lowest BCUT2D eigenvalue weighted by atomic mass is 9.68. The molecule has 164 valence electrons. The Morgan fingerprint density at radius 1 is 1.29 bits per heavy atom. The summed E-state index contributed by atoms with van der Waals surface area (Å²) in [4.78, 5) is 44.6. The molecule has 1 amide bonds. The van der Waals surface area contributed by atoms with Crippen molar-refractivity contribution in [2.75, 3.05) is 6.61 Å². The number of aromatic carboxylic acids is 1. The summed E-state index contributed by atoms with van der Waals surface area (Å²) in [5, 5.41) is 16.3. The molecular formula is C21H25N5O5. The van der Waals surface area contributed by atoms with Gasteiger partial charge in [-0.25, -0.2) is 9.78 Å². The summed E-state index contributed by atoms with van der Waals surface area (Å²) < 4.78 is 6.51. The number of rotatable bonds is 6. The van der Waals surface area contributed by atoms with Crippen LogP contribution in [0.1, 0.15) is 53.6 Å². The van der Waals surface area contributed by atoms with E-state index in [1.54, 1.807) is 6.08 Å². The second-order valence-electron chi connectivity index (χ2n) is 8.25. The Morgan fingerprint density at radius 3 is 2.81 bits per heavy atom. The summed E-state index contributed by atoms with van der Waals surface area (Å²) in [5.41, 5.74) is -0.180. The fraction of sp³-hybridized carbons (Fsp3) is 0.524. The summed E-state index contributed by atoms with van der Waals surface area (Å²) in [5.74, 6) is -1.16. The zero-order chi connectivity index (χ0) is 22.1. The van der Waals surface area contributed by atoms with E-state index in [1.165, 1.54) is 16.9 Å². The maximum absolute atomic E-state index is 13.0. The number of fused-ring (bicyclic) bond motifs is 2. The average molecular weight is 427 g/mol. The first kappa shape index (κ1) is 21.0. The Bertz CT molecular complexity index is 1030. The molecule has 0 spiro atoms. The van der Waals surface area contributed by atoms with Crippen molar-refractivity contribution in [3.8, 4) is 0 Å². The van der Waals surface area contributed by atoms with E-state index in [0.29, 0.717) is 5.92 Å². The molecule has 2 aromatic heterocycles. The van der Waals surface area contributed by atoms with E-state index in [-0.39, 0.29) is 53.5 Å². The van der Waals surface area contributed by atoms with E-state index in [4.69, 9.17) is 4.74 Å². The highest BCUT2D eigenvalue weighted by molar-refractivity contribution is 5.96. The Kier molecular flexibility index (Phi) is 5.71. The number of hydrogen-bond acceptors (Lipinski definition) is 7. The van der Waals surface area contributed by atoms with Crippen molar-refractivity contribution in [1.82, 2.24) is 24.9 Å². The Morgan fingerprint density at radius 2 is 2.06 bits per heavy atom. The smallest absolute Gasteiger partial charge is 0.354 e. The van der Waals surface area contributed by atoms with Gasteiger partial charge >= 0.3 is 11.9 Å². The third-order valence-corrected chi connectivity index (χ3v) is 6.67. The first-order chi connectivity index (χ1) is 14.9. The molecule has 2 heterocycles. The van der Waals surface area contributed by atoms with Crippen LogP contribution in [-0.4, -0.2) is 55.2 Å². The third kappa shape index (κ3) is 3.89. The number of carbonyl (C=O) groups is 3. The SMILES string of the molecule is C=CCOC(=O)[C@H]1CC[C@@H]2C(CC[C@@H]2NC(=O)c2cc(C(=O)O)nc3ncnn23)C1C. The lowest BCUT2D eigenvalue weighted by molar-refractivity contribution is -0.152. The van der Waals surface area contributed by atoms with Crippen molar-refractivity contribution in [1.29, 1.82) is 0 Å². The van der Waals surface area contributed by atoms with Gasteiger partial charge in [-0.05, 0) is 43.4 Å². The fourth-order valence-electron chi connectivity index (χ4n) is 5.19. The van der Waals surface area contributed by atoms with Gasteiger partial charge in [0, 0.05) is 12.1 Å². The van der Waals surface area contributed by atoms with Crippen LogP contribution in [0.2, 0.25) is 0 Å². The zero-order valence-electron chi connectivity index (χ0n) is 17.2.